The van der Waals surface area contributed by atoms with E-state index in [0.717, 1.165) is 9.87 Å². The summed E-state index contributed by atoms with van der Waals surface area (Å²) < 4.78 is 29.1. The van der Waals surface area contributed by atoms with Crippen molar-refractivity contribution in [2.75, 3.05) is 10.8 Å². The van der Waals surface area contributed by atoms with Crippen molar-refractivity contribution in [3.8, 4) is 0 Å². The van der Waals surface area contributed by atoms with Gasteiger partial charge in [0.2, 0.25) is 11.8 Å². The van der Waals surface area contributed by atoms with Crippen LogP contribution in [0.25, 0.3) is 0 Å². The first-order valence-corrected chi connectivity index (χ1v) is 17.0. The van der Waals surface area contributed by atoms with E-state index in [0.29, 0.717) is 17.0 Å². The first-order valence-electron chi connectivity index (χ1n) is 14.4. The van der Waals surface area contributed by atoms with Crippen molar-refractivity contribution in [2.24, 2.45) is 0 Å². The molecule has 0 aliphatic heterocycles. The molecule has 236 valence electrons. The summed E-state index contributed by atoms with van der Waals surface area (Å²) in [6, 6.07) is 27.4. The Morgan fingerprint density at radius 3 is 2.02 bits per heavy atom. The van der Waals surface area contributed by atoms with Gasteiger partial charge in [-0.2, -0.15) is 0 Å². The van der Waals surface area contributed by atoms with Crippen molar-refractivity contribution in [1.29, 1.82) is 0 Å². The van der Waals surface area contributed by atoms with Crippen molar-refractivity contribution in [3.63, 3.8) is 0 Å². The maximum atomic E-state index is 14.5. The number of anilines is 1. The van der Waals surface area contributed by atoms with Crippen LogP contribution in [0.3, 0.4) is 0 Å². The number of hydrogen-bond donors (Lipinski definition) is 1. The molecule has 0 bridgehead atoms. The second kappa shape index (κ2) is 15.6. The third-order valence-corrected chi connectivity index (χ3v) is 10.2. The molecule has 4 aromatic carbocycles. The number of para-hydroxylation sites is 1. The molecule has 11 heteroatoms. The van der Waals surface area contributed by atoms with E-state index in [4.69, 9.17) is 34.8 Å². The van der Waals surface area contributed by atoms with Gasteiger partial charge in [0.25, 0.3) is 10.0 Å². The standard InChI is InChI=1S/C34H34Cl3N3O4S/c1-3-24(2)38-34(42)32(21-25-12-6-4-7-13-25)39(22-26-18-19-28(35)30(37)20-26)33(41)23-40(31-17-11-10-16-29(31)36)45(43,44)27-14-8-5-9-15-27/h4-20,24,32H,3,21-23H2,1-2H3,(H,38,42)/t24-,32+/m0/s1. The molecule has 0 aliphatic rings. The monoisotopic (exact) mass is 685 g/mol. The number of hydrogen-bond acceptors (Lipinski definition) is 4. The lowest BCUT2D eigenvalue weighted by Gasteiger charge is -2.34. The predicted molar refractivity (Wildman–Crippen MR) is 181 cm³/mol. The molecule has 2 amide bonds. The second-order valence-corrected chi connectivity index (χ2v) is 13.7. The van der Waals surface area contributed by atoms with Gasteiger partial charge in [0.1, 0.15) is 12.6 Å². The maximum Gasteiger partial charge on any atom is 0.264 e. The zero-order valence-corrected chi connectivity index (χ0v) is 28.0. The van der Waals surface area contributed by atoms with Crippen LogP contribution in [-0.4, -0.2) is 43.8 Å². The lowest BCUT2D eigenvalue weighted by molar-refractivity contribution is -0.140. The van der Waals surface area contributed by atoms with Gasteiger partial charge in [-0.1, -0.05) is 108 Å². The molecule has 7 nitrogen and oxygen atoms in total. The molecule has 0 radical (unpaired) electrons. The molecule has 0 unspecified atom stereocenters. The second-order valence-electron chi connectivity index (χ2n) is 10.6. The Kier molecular flexibility index (Phi) is 11.9. The fraction of sp³-hybridized carbons (Fsp3) is 0.235. The largest absolute Gasteiger partial charge is 0.352 e. The number of nitrogens with zero attached hydrogens (tertiary/aromatic N) is 2. The summed E-state index contributed by atoms with van der Waals surface area (Å²) in [5, 5.41) is 3.78. The van der Waals surface area contributed by atoms with E-state index in [9.17, 15) is 18.0 Å². The van der Waals surface area contributed by atoms with Crippen LogP contribution in [0.2, 0.25) is 15.1 Å². The first kappa shape index (κ1) is 34.3. The predicted octanol–water partition coefficient (Wildman–Crippen LogP) is 7.40. The highest BCUT2D eigenvalue weighted by atomic mass is 35.5. The Bertz CT molecular complexity index is 1720. The van der Waals surface area contributed by atoms with Gasteiger partial charge in [0.15, 0.2) is 0 Å². The quantitative estimate of drug-likeness (QED) is 0.159. The van der Waals surface area contributed by atoms with Crippen molar-refractivity contribution >= 4 is 62.3 Å². The van der Waals surface area contributed by atoms with Gasteiger partial charge in [0.05, 0.1) is 25.7 Å². The number of benzene rings is 4. The average molecular weight is 687 g/mol. The Morgan fingerprint density at radius 1 is 0.778 bits per heavy atom. The lowest BCUT2D eigenvalue weighted by Crippen LogP contribution is -2.54. The van der Waals surface area contributed by atoms with Crippen molar-refractivity contribution < 1.29 is 18.0 Å². The zero-order chi connectivity index (χ0) is 32.6. The third-order valence-electron chi connectivity index (χ3n) is 7.34. The van der Waals surface area contributed by atoms with Crippen LogP contribution in [0.5, 0.6) is 0 Å². The topological polar surface area (TPSA) is 86.8 Å². The maximum absolute atomic E-state index is 14.5. The van der Waals surface area contributed by atoms with Gasteiger partial charge < -0.3 is 10.2 Å². The first-order chi connectivity index (χ1) is 21.5. The molecule has 0 fully saturated rings. The molecule has 4 rings (SSSR count). The number of sulfonamides is 1. The smallest absolute Gasteiger partial charge is 0.264 e. The summed E-state index contributed by atoms with van der Waals surface area (Å²) in [4.78, 5) is 29.8. The summed E-state index contributed by atoms with van der Waals surface area (Å²) in [5.41, 5.74) is 1.57. The van der Waals surface area contributed by atoms with Crippen LogP contribution >= 0.6 is 34.8 Å². The van der Waals surface area contributed by atoms with Crippen molar-refractivity contribution in [2.45, 2.75) is 50.2 Å². The van der Waals surface area contributed by atoms with Crippen LogP contribution < -0.4 is 9.62 Å². The molecular weight excluding hydrogens is 653 g/mol. The number of rotatable bonds is 13. The molecule has 2 atom stereocenters. The highest BCUT2D eigenvalue weighted by Crippen LogP contribution is 2.31. The highest BCUT2D eigenvalue weighted by Gasteiger charge is 2.35. The van der Waals surface area contributed by atoms with E-state index < -0.39 is 28.5 Å². The van der Waals surface area contributed by atoms with Crippen LogP contribution in [0.1, 0.15) is 31.4 Å². The van der Waals surface area contributed by atoms with E-state index in [-0.39, 0.29) is 45.5 Å². The van der Waals surface area contributed by atoms with E-state index in [1.807, 2.05) is 44.2 Å². The molecule has 0 spiro atoms. The zero-order valence-electron chi connectivity index (χ0n) is 24.9. The summed E-state index contributed by atoms with van der Waals surface area (Å²) in [7, 11) is -4.26. The Labute approximate surface area is 279 Å². The molecule has 0 saturated heterocycles. The summed E-state index contributed by atoms with van der Waals surface area (Å²) in [5.74, 6) is -0.974. The molecule has 0 aliphatic carbocycles. The molecule has 45 heavy (non-hydrogen) atoms. The average Bonchev–Trinajstić information content (AvgIpc) is 3.04. The van der Waals surface area contributed by atoms with Gasteiger partial charge in [-0.25, -0.2) is 8.42 Å². The Balaban J connectivity index is 1.82. The molecule has 0 saturated carbocycles. The highest BCUT2D eigenvalue weighted by molar-refractivity contribution is 7.92. The summed E-state index contributed by atoms with van der Waals surface area (Å²) in [6.07, 6.45) is 0.869. The number of amides is 2. The molecular formula is C34H34Cl3N3O4S. The molecule has 0 aromatic heterocycles. The fourth-order valence-electron chi connectivity index (χ4n) is 4.72. The number of halogens is 3. The van der Waals surface area contributed by atoms with Crippen molar-refractivity contribution in [1.82, 2.24) is 10.2 Å². The normalized spacial score (nSPS) is 12.6. The molecule has 1 N–H and O–H groups in total. The van der Waals surface area contributed by atoms with Gasteiger partial charge in [-0.3, -0.25) is 13.9 Å². The van der Waals surface area contributed by atoms with Gasteiger partial charge in [-0.05, 0) is 60.9 Å². The van der Waals surface area contributed by atoms with Gasteiger partial charge in [0, 0.05) is 19.0 Å². The van der Waals surface area contributed by atoms with Crippen LogP contribution in [0.15, 0.2) is 108 Å². The van der Waals surface area contributed by atoms with Gasteiger partial charge in [-0.15, -0.1) is 0 Å². The van der Waals surface area contributed by atoms with Crippen LogP contribution in [-0.2, 0) is 32.6 Å². The summed E-state index contributed by atoms with van der Waals surface area (Å²) >= 11 is 19.0. The molecule has 4 aromatic rings. The third kappa shape index (κ3) is 8.79. The SMILES string of the molecule is CC[C@H](C)NC(=O)[C@@H](Cc1ccccc1)N(Cc1ccc(Cl)c(Cl)c1)C(=O)CN(c1ccccc1Cl)S(=O)(=O)c1ccccc1. The van der Waals surface area contributed by atoms with E-state index in [1.54, 1.807) is 54.6 Å². The van der Waals surface area contributed by atoms with E-state index in [1.165, 1.54) is 23.1 Å². The fourth-order valence-corrected chi connectivity index (χ4v) is 6.78. The van der Waals surface area contributed by atoms with Gasteiger partial charge >= 0.3 is 0 Å². The minimum Gasteiger partial charge on any atom is -0.352 e. The summed E-state index contributed by atoms with van der Waals surface area (Å²) in [6.45, 7) is 3.17. The minimum absolute atomic E-state index is 0.0101. The van der Waals surface area contributed by atoms with Crippen LogP contribution in [0, 0.1) is 0 Å². The van der Waals surface area contributed by atoms with Crippen molar-refractivity contribution in [3.05, 3.63) is 129 Å². The van der Waals surface area contributed by atoms with E-state index >= 15 is 0 Å². The molecule has 0 heterocycles. The number of nitrogens with one attached hydrogen (secondary N) is 1. The van der Waals surface area contributed by atoms with Crippen LogP contribution in [0.4, 0.5) is 5.69 Å². The Morgan fingerprint density at radius 2 is 1.40 bits per heavy atom. The number of carbonyl (C=O) groups excluding carboxylic acids is 2. The Hall–Kier alpha value is -3.56. The minimum atomic E-state index is -4.26. The lowest BCUT2D eigenvalue weighted by atomic mass is 10.0. The number of carbonyl (C=O) groups is 2. The van der Waals surface area contributed by atoms with E-state index in [2.05, 4.69) is 5.32 Å².